The van der Waals surface area contributed by atoms with E-state index in [0.717, 1.165) is 0 Å². The van der Waals surface area contributed by atoms with E-state index in [4.69, 9.17) is 0 Å². The van der Waals surface area contributed by atoms with Gasteiger partial charge in [-0.15, -0.1) is 0 Å². The molecule has 0 heterocycles. The number of hydrogen-bond donors (Lipinski definition) is 0. The number of hydrogen-bond acceptors (Lipinski definition) is 3. The SMILES string of the molecule is C[N](C)[Zr]([CH3])([CH]1C=CC=C1)([N](C)C)[N](C)C. The molecule has 4 heteroatoms. The normalized spacial score (nSPS) is 20.0. The summed E-state index contributed by atoms with van der Waals surface area (Å²) in [5.74, 6) is 0. The van der Waals surface area contributed by atoms with E-state index in [-0.39, 0.29) is 0 Å². The topological polar surface area (TPSA) is 9.72 Å². The Hall–Kier alpha value is 0.243. The average molecular weight is 304 g/mol. The second kappa shape index (κ2) is 4.49. The van der Waals surface area contributed by atoms with Crippen molar-refractivity contribution in [1.82, 2.24) is 8.53 Å². The van der Waals surface area contributed by atoms with Crippen molar-refractivity contribution in [2.75, 3.05) is 42.3 Å². The van der Waals surface area contributed by atoms with Crippen LogP contribution in [0.2, 0.25) is 8.26 Å². The third-order valence-corrected chi connectivity index (χ3v) is 25.9. The molecule has 93 valence electrons. The van der Waals surface area contributed by atoms with Crippen molar-refractivity contribution in [3.05, 3.63) is 24.3 Å². The fourth-order valence-electron chi connectivity index (χ4n) is 2.98. The Morgan fingerprint density at radius 2 is 1.06 bits per heavy atom. The third-order valence-electron chi connectivity index (χ3n) is 4.84. The predicted molar refractivity (Wildman–Crippen MR) is 69.0 cm³/mol. The van der Waals surface area contributed by atoms with Gasteiger partial charge in [-0.3, -0.25) is 0 Å². The molecule has 1 aliphatic rings. The van der Waals surface area contributed by atoms with Gasteiger partial charge in [-0.25, -0.2) is 0 Å². The average Bonchev–Trinajstić information content (AvgIpc) is 2.68. The molecule has 0 fully saturated rings. The van der Waals surface area contributed by atoms with Gasteiger partial charge in [0.15, 0.2) is 0 Å². The van der Waals surface area contributed by atoms with Crippen molar-refractivity contribution >= 4 is 0 Å². The van der Waals surface area contributed by atoms with Crippen LogP contribution in [0.3, 0.4) is 0 Å². The molecule has 1 aliphatic carbocycles. The summed E-state index contributed by atoms with van der Waals surface area (Å²) in [4.78, 5) is 0. The fourth-order valence-corrected chi connectivity index (χ4v) is 16.0. The molecule has 0 atom stereocenters. The first-order valence-electron chi connectivity index (χ1n) is 5.81. The van der Waals surface area contributed by atoms with Gasteiger partial charge in [-0.2, -0.15) is 0 Å². The first-order chi connectivity index (χ1) is 7.26. The maximum absolute atomic E-state index is 3.29. The van der Waals surface area contributed by atoms with Gasteiger partial charge < -0.3 is 0 Å². The van der Waals surface area contributed by atoms with Crippen molar-refractivity contribution in [1.29, 1.82) is 0 Å². The molecule has 1 rings (SSSR count). The van der Waals surface area contributed by atoms with Crippen molar-refractivity contribution < 1.29 is 19.7 Å². The molecule has 0 saturated carbocycles. The summed E-state index contributed by atoms with van der Waals surface area (Å²) in [5.41, 5.74) is 0. The van der Waals surface area contributed by atoms with Gasteiger partial charge in [0.1, 0.15) is 0 Å². The van der Waals surface area contributed by atoms with Gasteiger partial charge in [0.05, 0.1) is 0 Å². The summed E-state index contributed by atoms with van der Waals surface area (Å²) in [6.07, 6.45) is 9.06. The molecule has 0 N–H and O–H groups in total. The molecule has 0 radical (unpaired) electrons. The molecule has 0 aliphatic heterocycles. The summed E-state index contributed by atoms with van der Waals surface area (Å²) in [6, 6.07) is 0. The number of nitrogens with zero attached hydrogens (tertiary/aromatic N) is 3. The van der Waals surface area contributed by atoms with Crippen molar-refractivity contribution in [2.45, 2.75) is 8.26 Å². The van der Waals surface area contributed by atoms with Crippen LogP contribution >= 0.6 is 0 Å². The van der Waals surface area contributed by atoms with Crippen LogP contribution in [0.1, 0.15) is 0 Å². The second-order valence-corrected chi connectivity index (χ2v) is 22.0. The van der Waals surface area contributed by atoms with E-state index >= 15 is 0 Å². The first kappa shape index (κ1) is 14.3. The maximum atomic E-state index is 2.49. The fraction of sp³-hybridized carbons (Fsp3) is 0.667. The van der Waals surface area contributed by atoms with Gasteiger partial charge in [-0.1, -0.05) is 0 Å². The first-order valence-corrected chi connectivity index (χ1v) is 13.0. The Morgan fingerprint density at radius 1 is 0.750 bits per heavy atom. The van der Waals surface area contributed by atoms with Gasteiger partial charge in [0, 0.05) is 0 Å². The van der Waals surface area contributed by atoms with Crippen LogP contribution < -0.4 is 0 Å². The second-order valence-electron chi connectivity index (χ2n) is 5.63. The van der Waals surface area contributed by atoms with Crippen LogP contribution in [0.25, 0.3) is 0 Å². The summed E-state index contributed by atoms with van der Waals surface area (Å²) >= 11 is -3.29. The van der Waals surface area contributed by atoms with Crippen LogP contribution in [0.4, 0.5) is 0 Å². The van der Waals surface area contributed by atoms with Crippen molar-refractivity contribution in [3.63, 3.8) is 0 Å². The molecular formula is C12H26N3Zr. The molecule has 0 spiro atoms. The number of rotatable bonds is 4. The Balaban J connectivity index is 3.39. The van der Waals surface area contributed by atoms with Crippen LogP contribution in [0.5, 0.6) is 0 Å². The van der Waals surface area contributed by atoms with Crippen LogP contribution in [-0.4, -0.2) is 50.8 Å². The zero-order valence-electron chi connectivity index (χ0n) is 11.7. The van der Waals surface area contributed by atoms with E-state index in [2.05, 4.69) is 79.8 Å². The Morgan fingerprint density at radius 3 is 1.31 bits per heavy atom. The summed E-state index contributed by atoms with van der Waals surface area (Å²) in [5, 5.41) is 0. The van der Waals surface area contributed by atoms with E-state index in [0.29, 0.717) is 3.63 Å². The third kappa shape index (κ3) is 1.62. The summed E-state index contributed by atoms with van der Waals surface area (Å²) in [7, 11) is 13.4. The van der Waals surface area contributed by atoms with Gasteiger partial charge in [0.2, 0.25) is 0 Å². The van der Waals surface area contributed by atoms with Crippen LogP contribution in [-0.2, 0) is 19.7 Å². The molecule has 3 nitrogen and oxygen atoms in total. The van der Waals surface area contributed by atoms with E-state index < -0.39 is 19.7 Å². The van der Waals surface area contributed by atoms with Gasteiger partial charge in [-0.05, 0) is 0 Å². The molecule has 0 aromatic rings. The molecule has 0 aromatic carbocycles. The van der Waals surface area contributed by atoms with Crippen LogP contribution in [0, 0.1) is 0 Å². The molecule has 0 amide bonds. The standard InChI is InChI=1S/C5H5.3C2H6N.CH3.Zr/c1-2-4-5-3-1;3*1-3-2;;/h1-5H;3*1-2H3;1H3;/q;3*-1;;+3. The van der Waals surface area contributed by atoms with Crippen molar-refractivity contribution in [3.8, 4) is 0 Å². The van der Waals surface area contributed by atoms with Crippen LogP contribution in [0.15, 0.2) is 24.3 Å². The molecular weight excluding hydrogens is 277 g/mol. The van der Waals surface area contributed by atoms with Gasteiger partial charge in [0.25, 0.3) is 0 Å². The van der Waals surface area contributed by atoms with E-state index in [1.54, 1.807) is 0 Å². The molecule has 0 unspecified atom stereocenters. The zero-order valence-corrected chi connectivity index (χ0v) is 14.2. The minimum absolute atomic E-state index is 0.557. The Labute approximate surface area is 103 Å². The number of allylic oxidation sites excluding steroid dienone is 4. The molecule has 0 saturated heterocycles. The van der Waals surface area contributed by atoms with E-state index in [1.807, 2.05) is 0 Å². The minimum atomic E-state index is -3.29. The van der Waals surface area contributed by atoms with Gasteiger partial charge >= 0.3 is 103 Å². The summed E-state index contributed by atoms with van der Waals surface area (Å²) < 4.78 is 10.5. The summed E-state index contributed by atoms with van der Waals surface area (Å²) in [6.45, 7) is 0. The predicted octanol–water partition coefficient (Wildman–Crippen LogP) is 2.07. The van der Waals surface area contributed by atoms with Crippen molar-refractivity contribution in [2.24, 2.45) is 0 Å². The van der Waals surface area contributed by atoms with E-state index in [1.165, 1.54) is 0 Å². The molecule has 16 heavy (non-hydrogen) atoms. The quantitative estimate of drug-likeness (QED) is 0.787. The Bertz CT molecular complexity index is 282. The molecule has 0 aromatic heterocycles. The van der Waals surface area contributed by atoms with E-state index in [9.17, 15) is 0 Å². The zero-order chi connectivity index (χ0) is 12.6. The Kier molecular flexibility index (Phi) is 4.01. The monoisotopic (exact) mass is 302 g/mol. The molecule has 0 bridgehead atoms.